The molecule has 0 radical (unpaired) electrons. The number of carbonyl (C=O) groups excluding carboxylic acids is 2. The molecule has 0 unspecified atom stereocenters. The summed E-state index contributed by atoms with van der Waals surface area (Å²) in [5.74, 6) is -1.91. The molecule has 0 atom stereocenters. The highest BCUT2D eigenvalue weighted by molar-refractivity contribution is 7.92. The number of isocyanates is 1. The van der Waals surface area contributed by atoms with Crippen molar-refractivity contribution in [3.8, 4) is 0 Å². The molecule has 0 aliphatic rings. The molecule has 84 valence electrons. The second-order valence-electron chi connectivity index (χ2n) is 2.81. The van der Waals surface area contributed by atoms with Crippen molar-refractivity contribution in [2.24, 2.45) is 4.99 Å². The highest BCUT2D eigenvalue weighted by Crippen LogP contribution is 2.15. The van der Waals surface area contributed by atoms with Crippen LogP contribution in [-0.4, -0.2) is 26.2 Å². The number of benzene rings is 1. The normalized spacial score (nSPS) is 10.6. The van der Waals surface area contributed by atoms with Gasteiger partial charge >= 0.3 is 0 Å². The Morgan fingerprint density at radius 1 is 1.31 bits per heavy atom. The van der Waals surface area contributed by atoms with E-state index in [0.29, 0.717) is 5.02 Å². The Balaban J connectivity index is 2.99. The van der Waals surface area contributed by atoms with Crippen LogP contribution in [-0.2, 0) is 19.4 Å². The van der Waals surface area contributed by atoms with Gasteiger partial charge in [-0.05, 0) is 24.3 Å². The van der Waals surface area contributed by atoms with Crippen molar-refractivity contribution in [2.75, 3.05) is 5.75 Å². The highest BCUT2D eigenvalue weighted by atomic mass is 35.5. The van der Waals surface area contributed by atoms with E-state index in [1.54, 1.807) is 0 Å². The molecule has 0 fully saturated rings. The first-order chi connectivity index (χ1) is 7.45. The Kier molecular flexibility index (Phi) is 3.95. The van der Waals surface area contributed by atoms with E-state index in [1.165, 1.54) is 24.3 Å². The van der Waals surface area contributed by atoms with Crippen molar-refractivity contribution < 1.29 is 18.0 Å². The Morgan fingerprint density at radius 3 is 2.38 bits per heavy atom. The minimum absolute atomic E-state index is 0.0497. The van der Waals surface area contributed by atoms with Gasteiger partial charge in [0.25, 0.3) is 5.91 Å². The summed E-state index contributed by atoms with van der Waals surface area (Å²) in [6.45, 7) is 0. The average molecular weight is 260 g/mol. The topological polar surface area (TPSA) is 80.6 Å². The summed E-state index contributed by atoms with van der Waals surface area (Å²) >= 11 is 5.59. The average Bonchev–Trinajstić information content (AvgIpc) is 2.17. The predicted molar refractivity (Wildman–Crippen MR) is 56.6 cm³/mol. The number of hydrogen-bond acceptors (Lipinski definition) is 4. The Hall–Kier alpha value is -1.49. The van der Waals surface area contributed by atoms with E-state index in [1.807, 2.05) is 0 Å². The van der Waals surface area contributed by atoms with Gasteiger partial charge in [0, 0.05) is 5.02 Å². The molecule has 0 spiro atoms. The lowest BCUT2D eigenvalue weighted by Gasteiger charge is -2.00. The summed E-state index contributed by atoms with van der Waals surface area (Å²) < 4.78 is 23.1. The third-order valence-electron chi connectivity index (χ3n) is 1.66. The van der Waals surface area contributed by atoms with Gasteiger partial charge in [-0.3, -0.25) is 4.79 Å². The van der Waals surface area contributed by atoms with E-state index in [9.17, 15) is 18.0 Å². The molecule has 0 aliphatic carbocycles. The first-order valence-electron chi connectivity index (χ1n) is 4.05. The molecule has 0 aromatic heterocycles. The SMILES string of the molecule is O=C=NC(=O)CS(=O)(=O)c1ccc(Cl)cc1. The number of nitrogens with zero attached hydrogens (tertiary/aromatic N) is 1. The van der Waals surface area contributed by atoms with Crippen LogP contribution in [0.25, 0.3) is 0 Å². The van der Waals surface area contributed by atoms with Gasteiger partial charge in [-0.15, -0.1) is 4.99 Å². The second kappa shape index (κ2) is 5.03. The van der Waals surface area contributed by atoms with Gasteiger partial charge < -0.3 is 0 Å². The van der Waals surface area contributed by atoms with Crippen molar-refractivity contribution in [3.05, 3.63) is 29.3 Å². The first kappa shape index (κ1) is 12.6. The molecule has 1 amide bonds. The Bertz CT molecular complexity index is 543. The fraction of sp³-hybridized carbons (Fsp3) is 0.111. The maximum absolute atomic E-state index is 11.6. The molecular weight excluding hydrogens is 254 g/mol. The van der Waals surface area contributed by atoms with Crippen LogP contribution in [0, 0.1) is 0 Å². The van der Waals surface area contributed by atoms with Crippen molar-refractivity contribution >= 4 is 33.4 Å². The Labute approximate surface area is 96.7 Å². The molecule has 0 saturated carbocycles. The van der Waals surface area contributed by atoms with Crippen molar-refractivity contribution in [2.45, 2.75) is 4.90 Å². The Morgan fingerprint density at radius 2 is 1.88 bits per heavy atom. The van der Waals surface area contributed by atoms with E-state index in [0.717, 1.165) is 6.08 Å². The lowest BCUT2D eigenvalue weighted by molar-refractivity contribution is -0.115. The lowest BCUT2D eigenvalue weighted by atomic mass is 10.4. The quantitative estimate of drug-likeness (QED) is 0.598. The van der Waals surface area contributed by atoms with E-state index in [-0.39, 0.29) is 4.90 Å². The van der Waals surface area contributed by atoms with Crippen LogP contribution < -0.4 is 0 Å². The van der Waals surface area contributed by atoms with Gasteiger partial charge in [0.2, 0.25) is 6.08 Å². The van der Waals surface area contributed by atoms with Gasteiger partial charge in [-0.2, -0.15) is 0 Å². The van der Waals surface area contributed by atoms with Crippen molar-refractivity contribution in [3.63, 3.8) is 0 Å². The lowest BCUT2D eigenvalue weighted by Crippen LogP contribution is -2.14. The fourth-order valence-corrected chi connectivity index (χ4v) is 2.20. The minimum atomic E-state index is -3.78. The van der Waals surface area contributed by atoms with E-state index in [2.05, 4.69) is 4.99 Å². The van der Waals surface area contributed by atoms with Crippen LogP contribution in [0.15, 0.2) is 34.2 Å². The van der Waals surface area contributed by atoms with Gasteiger partial charge in [0.05, 0.1) is 4.90 Å². The number of aliphatic imine (C=N–C) groups is 1. The highest BCUT2D eigenvalue weighted by Gasteiger charge is 2.18. The molecule has 0 aliphatic heterocycles. The predicted octanol–water partition coefficient (Wildman–Crippen LogP) is 0.976. The zero-order valence-electron chi connectivity index (χ0n) is 7.88. The third kappa shape index (κ3) is 3.27. The van der Waals surface area contributed by atoms with E-state index >= 15 is 0 Å². The van der Waals surface area contributed by atoms with Gasteiger partial charge in [-0.1, -0.05) is 11.6 Å². The monoisotopic (exact) mass is 259 g/mol. The molecule has 1 aromatic rings. The van der Waals surface area contributed by atoms with Crippen LogP contribution in [0.3, 0.4) is 0 Å². The standard InChI is InChI=1S/C9H6ClNO4S/c10-7-1-3-8(4-2-7)16(14,15)5-9(13)11-6-12/h1-4H,5H2. The van der Waals surface area contributed by atoms with Crippen LogP contribution in [0.4, 0.5) is 0 Å². The van der Waals surface area contributed by atoms with Gasteiger partial charge in [0.15, 0.2) is 9.84 Å². The number of rotatable bonds is 3. The first-order valence-corrected chi connectivity index (χ1v) is 6.08. The van der Waals surface area contributed by atoms with Crippen LogP contribution in [0.2, 0.25) is 5.02 Å². The zero-order chi connectivity index (χ0) is 12.2. The van der Waals surface area contributed by atoms with Gasteiger partial charge in [-0.25, -0.2) is 13.2 Å². The molecule has 0 N–H and O–H groups in total. The van der Waals surface area contributed by atoms with Crippen molar-refractivity contribution in [1.82, 2.24) is 0 Å². The zero-order valence-corrected chi connectivity index (χ0v) is 9.46. The molecule has 0 heterocycles. The summed E-state index contributed by atoms with van der Waals surface area (Å²) in [5, 5.41) is 0.385. The molecule has 0 bridgehead atoms. The summed E-state index contributed by atoms with van der Waals surface area (Å²) in [6, 6.07) is 5.33. The second-order valence-corrected chi connectivity index (χ2v) is 5.24. The van der Waals surface area contributed by atoms with Gasteiger partial charge in [0.1, 0.15) is 5.75 Å². The molecule has 1 aromatic carbocycles. The maximum atomic E-state index is 11.6. The number of sulfone groups is 1. The number of amides is 1. The third-order valence-corrected chi connectivity index (χ3v) is 3.53. The smallest absolute Gasteiger partial charge is 0.271 e. The summed E-state index contributed by atoms with van der Waals surface area (Å²) in [6.07, 6.45) is 0.991. The van der Waals surface area contributed by atoms with Crippen LogP contribution >= 0.6 is 11.6 Å². The maximum Gasteiger partial charge on any atom is 0.271 e. The molecule has 5 nitrogen and oxygen atoms in total. The molecular formula is C9H6ClNO4S. The van der Waals surface area contributed by atoms with E-state index in [4.69, 9.17) is 11.6 Å². The fourth-order valence-electron chi connectivity index (χ4n) is 0.971. The summed E-state index contributed by atoms with van der Waals surface area (Å²) in [7, 11) is -3.78. The summed E-state index contributed by atoms with van der Waals surface area (Å²) in [4.78, 5) is 23.3. The van der Waals surface area contributed by atoms with Crippen LogP contribution in [0.1, 0.15) is 0 Å². The summed E-state index contributed by atoms with van der Waals surface area (Å²) in [5.41, 5.74) is 0. The molecule has 0 saturated heterocycles. The molecule has 1 rings (SSSR count). The largest absolute Gasteiger partial charge is 0.271 e. The van der Waals surface area contributed by atoms with Crippen molar-refractivity contribution in [1.29, 1.82) is 0 Å². The number of halogens is 1. The molecule has 16 heavy (non-hydrogen) atoms. The van der Waals surface area contributed by atoms with E-state index < -0.39 is 21.5 Å². The number of hydrogen-bond donors (Lipinski definition) is 0. The number of carbonyl (C=O) groups is 1. The minimum Gasteiger partial charge on any atom is -0.271 e. The van der Waals surface area contributed by atoms with Crippen LogP contribution in [0.5, 0.6) is 0 Å². The molecule has 7 heteroatoms.